The van der Waals surface area contributed by atoms with Crippen molar-refractivity contribution in [1.29, 1.82) is 0 Å². The number of H-pyrrole nitrogens is 1. The Morgan fingerprint density at radius 2 is 1.96 bits per heavy atom. The second kappa shape index (κ2) is 6.73. The molecule has 2 N–H and O–H groups in total. The number of fused-ring (bicyclic) bond motifs is 1. The summed E-state index contributed by atoms with van der Waals surface area (Å²) < 4.78 is 5.89. The first-order valence-corrected chi connectivity index (χ1v) is 8.03. The van der Waals surface area contributed by atoms with Gasteiger partial charge in [0, 0.05) is 6.54 Å². The van der Waals surface area contributed by atoms with Crippen molar-refractivity contribution in [2.75, 3.05) is 11.9 Å². The molecule has 4 nitrogen and oxygen atoms in total. The molecule has 0 unspecified atom stereocenters. The van der Waals surface area contributed by atoms with E-state index in [4.69, 9.17) is 4.74 Å². The van der Waals surface area contributed by atoms with E-state index in [-0.39, 0.29) is 0 Å². The summed E-state index contributed by atoms with van der Waals surface area (Å²) in [6, 6.07) is 14.2. The van der Waals surface area contributed by atoms with Gasteiger partial charge >= 0.3 is 0 Å². The highest BCUT2D eigenvalue weighted by atomic mass is 16.5. The number of imidazole rings is 1. The average molecular weight is 309 g/mol. The highest BCUT2D eigenvalue weighted by Gasteiger charge is 2.07. The largest absolute Gasteiger partial charge is 0.493 e. The van der Waals surface area contributed by atoms with Gasteiger partial charge in [-0.25, -0.2) is 4.98 Å². The minimum Gasteiger partial charge on any atom is -0.493 e. The first-order valence-electron chi connectivity index (χ1n) is 8.03. The fourth-order valence-electron chi connectivity index (χ4n) is 2.48. The molecule has 4 heteroatoms. The molecule has 0 aliphatic carbocycles. The van der Waals surface area contributed by atoms with E-state index in [2.05, 4.69) is 42.1 Å². The first kappa shape index (κ1) is 15.4. The molecule has 0 radical (unpaired) electrons. The van der Waals surface area contributed by atoms with Crippen LogP contribution in [0.1, 0.15) is 25.0 Å². The van der Waals surface area contributed by atoms with Gasteiger partial charge in [-0.15, -0.1) is 0 Å². The third-order valence-electron chi connectivity index (χ3n) is 3.80. The van der Waals surface area contributed by atoms with Crippen molar-refractivity contribution in [3.63, 3.8) is 0 Å². The number of aromatic nitrogens is 2. The molecule has 0 saturated heterocycles. The summed E-state index contributed by atoms with van der Waals surface area (Å²) in [5.41, 5.74) is 4.41. The van der Waals surface area contributed by atoms with Crippen LogP contribution in [0.4, 0.5) is 5.95 Å². The minimum atomic E-state index is 0.520. The van der Waals surface area contributed by atoms with Gasteiger partial charge in [-0.2, -0.15) is 0 Å². The average Bonchev–Trinajstić information content (AvgIpc) is 2.95. The third kappa shape index (κ3) is 3.65. The maximum Gasteiger partial charge on any atom is 0.201 e. The second-order valence-corrected chi connectivity index (χ2v) is 6.20. The quantitative estimate of drug-likeness (QED) is 0.704. The van der Waals surface area contributed by atoms with E-state index in [0.29, 0.717) is 12.5 Å². The van der Waals surface area contributed by atoms with E-state index >= 15 is 0 Å². The monoisotopic (exact) mass is 309 g/mol. The summed E-state index contributed by atoms with van der Waals surface area (Å²) in [6.07, 6.45) is 0. The Kier molecular flexibility index (Phi) is 4.51. The summed E-state index contributed by atoms with van der Waals surface area (Å²) >= 11 is 0. The Morgan fingerprint density at radius 3 is 2.74 bits per heavy atom. The summed E-state index contributed by atoms with van der Waals surface area (Å²) in [4.78, 5) is 7.83. The predicted octanol–water partition coefficient (Wildman–Crippen LogP) is 4.52. The van der Waals surface area contributed by atoms with Crippen molar-refractivity contribution in [2.24, 2.45) is 5.92 Å². The molecule has 23 heavy (non-hydrogen) atoms. The van der Waals surface area contributed by atoms with Crippen LogP contribution in [0.2, 0.25) is 0 Å². The first-order chi connectivity index (χ1) is 11.1. The van der Waals surface area contributed by atoms with Crippen molar-refractivity contribution in [1.82, 2.24) is 9.97 Å². The van der Waals surface area contributed by atoms with Gasteiger partial charge in [0.1, 0.15) is 5.75 Å². The fraction of sp³-hybridized carbons (Fsp3) is 0.316. The molecule has 0 saturated carbocycles. The van der Waals surface area contributed by atoms with Crippen LogP contribution in [0.25, 0.3) is 11.0 Å². The van der Waals surface area contributed by atoms with Crippen molar-refractivity contribution in [2.45, 2.75) is 27.3 Å². The summed E-state index contributed by atoms with van der Waals surface area (Å²) in [5.74, 6) is 2.27. The van der Waals surface area contributed by atoms with Crippen LogP contribution >= 0.6 is 0 Å². The van der Waals surface area contributed by atoms with Crippen LogP contribution in [-0.4, -0.2) is 16.6 Å². The number of ether oxygens (including phenoxy) is 1. The van der Waals surface area contributed by atoms with Crippen LogP contribution < -0.4 is 10.1 Å². The molecular weight excluding hydrogens is 286 g/mol. The molecule has 1 heterocycles. The zero-order valence-electron chi connectivity index (χ0n) is 13.9. The van der Waals surface area contributed by atoms with Crippen LogP contribution in [0.15, 0.2) is 42.5 Å². The van der Waals surface area contributed by atoms with Gasteiger partial charge in [-0.05, 0) is 42.2 Å². The second-order valence-electron chi connectivity index (χ2n) is 6.20. The summed E-state index contributed by atoms with van der Waals surface area (Å²) in [5, 5.41) is 3.36. The number of anilines is 1. The lowest BCUT2D eigenvalue weighted by molar-refractivity contribution is 0.269. The topological polar surface area (TPSA) is 49.9 Å². The van der Waals surface area contributed by atoms with E-state index in [0.717, 1.165) is 29.3 Å². The molecule has 2 aromatic carbocycles. The van der Waals surface area contributed by atoms with Gasteiger partial charge in [-0.3, -0.25) is 0 Å². The molecule has 0 aliphatic heterocycles. The number of nitrogens with one attached hydrogen (secondary N) is 2. The van der Waals surface area contributed by atoms with Gasteiger partial charge in [0.2, 0.25) is 5.95 Å². The summed E-state index contributed by atoms with van der Waals surface area (Å²) in [7, 11) is 0. The Morgan fingerprint density at radius 1 is 1.13 bits per heavy atom. The lowest BCUT2D eigenvalue weighted by atomic mass is 10.1. The number of benzene rings is 2. The lowest BCUT2D eigenvalue weighted by Crippen LogP contribution is -2.08. The van der Waals surface area contributed by atoms with Crippen LogP contribution in [0.5, 0.6) is 5.75 Å². The molecule has 3 aromatic rings. The van der Waals surface area contributed by atoms with Gasteiger partial charge in [-0.1, -0.05) is 38.1 Å². The number of rotatable bonds is 6. The minimum absolute atomic E-state index is 0.520. The maximum absolute atomic E-state index is 5.89. The molecule has 120 valence electrons. The summed E-state index contributed by atoms with van der Waals surface area (Å²) in [6.45, 7) is 7.86. The van der Waals surface area contributed by atoms with Gasteiger partial charge in [0.05, 0.1) is 17.6 Å². The number of hydrogen-bond donors (Lipinski definition) is 2. The van der Waals surface area contributed by atoms with Gasteiger partial charge in [0.25, 0.3) is 0 Å². The van der Waals surface area contributed by atoms with E-state index in [1.54, 1.807) is 0 Å². The Labute approximate surface area is 136 Å². The lowest BCUT2D eigenvalue weighted by Gasteiger charge is -2.14. The molecular formula is C19H23N3O. The van der Waals surface area contributed by atoms with E-state index < -0.39 is 0 Å². The van der Waals surface area contributed by atoms with Crippen LogP contribution in [0.3, 0.4) is 0 Å². The molecule has 0 aliphatic rings. The molecule has 1 aromatic heterocycles. The predicted molar refractivity (Wildman–Crippen MR) is 94.9 cm³/mol. The normalized spacial score (nSPS) is 11.1. The van der Waals surface area contributed by atoms with E-state index in [1.807, 2.05) is 36.4 Å². The smallest absolute Gasteiger partial charge is 0.201 e. The molecule has 0 bridgehead atoms. The van der Waals surface area contributed by atoms with Crippen molar-refractivity contribution in [3.8, 4) is 5.75 Å². The van der Waals surface area contributed by atoms with Crippen molar-refractivity contribution < 1.29 is 4.74 Å². The highest BCUT2D eigenvalue weighted by Crippen LogP contribution is 2.23. The molecule has 0 spiro atoms. The highest BCUT2D eigenvalue weighted by molar-refractivity contribution is 5.77. The Balaban J connectivity index is 1.71. The molecule has 0 atom stereocenters. The van der Waals surface area contributed by atoms with E-state index in [1.165, 1.54) is 11.1 Å². The fourth-order valence-corrected chi connectivity index (χ4v) is 2.48. The van der Waals surface area contributed by atoms with Crippen LogP contribution in [-0.2, 0) is 6.54 Å². The standard InChI is InChI=1S/C19H23N3O/c1-13(2)12-23-18-10-6-7-15(14(18)3)11-20-19-21-16-8-4-5-9-17(16)22-19/h4-10,13H,11-12H2,1-3H3,(H2,20,21,22). The Hall–Kier alpha value is -2.49. The van der Waals surface area contributed by atoms with E-state index in [9.17, 15) is 0 Å². The number of para-hydroxylation sites is 2. The maximum atomic E-state index is 5.89. The molecule has 0 fully saturated rings. The van der Waals surface area contributed by atoms with Gasteiger partial charge < -0.3 is 15.0 Å². The van der Waals surface area contributed by atoms with Crippen molar-refractivity contribution >= 4 is 17.0 Å². The van der Waals surface area contributed by atoms with Crippen molar-refractivity contribution in [3.05, 3.63) is 53.6 Å². The number of nitrogens with zero attached hydrogens (tertiary/aromatic N) is 1. The zero-order chi connectivity index (χ0) is 16.2. The SMILES string of the molecule is Cc1c(CNc2nc3ccccc3[nH]2)cccc1OCC(C)C. The van der Waals surface area contributed by atoms with Gasteiger partial charge in [0.15, 0.2) is 0 Å². The Bertz CT molecular complexity index is 759. The molecule has 3 rings (SSSR count). The molecule has 0 amide bonds. The van der Waals surface area contributed by atoms with Crippen LogP contribution in [0, 0.1) is 12.8 Å². The zero-order valence-corrected chi connectivity index (χ0v) is 13.9. The third-order valence-corrected chi connectivity index (χ3v) is 3.80. The number of hydrogen-bond acceptors (Lipinski definition) is 3. The number of aromatic amines is 1.